The van der Waals surface area contributed by atoms with Crippen LogP contribution >= 0.6 is 11.6 Å². The second-order valence-corrected chi connectivity index (χ2v) is 7.63. The van der Waals surface area contributed by atoms with E-state index in [0.29, 0.717) is 41.6 Å². The molecule has 0 saturated heterocycles. The van der Waals surface area contributed by atoms with Gasteiger partial charge in [-0.3, -0.25) is 9.59 Å². The number of nitrogens with zero attached hydrogens (tertiary/aromatic N) is 2. The molecule has 4 rings (SSSR count). The maximum atomic E-state index is 12.7. The van der Waals surface area contributed by atoms with Crippen LogP contribution in [-0.2, 0) is 0 Å². The van der Waals surface area contributed by atoms with E-state index in [-0.39, 0.29) is 23.3 Å². The Morgan fingerprint density at radius 1 is 0.970 bits per heavy atom. The number of furan rings is 1. The van der Waals surface area contributed by atoms with Crippen LogP contribution in [0.25, 0.3) is 17.1 Å². The predicted octanol–water partition coefficient (Wildman–Crippen LogP) is 4.04. The summed E-state index contributed by atoms with van der Waals surface area (Å²) < 4.78 is 7.13. The van der Waals surface area contributed by atoms with E-state index in [1.807, 2.05) is 0 Å². The highest BCUT2D eigenvalue weighted by molar-refractivity contribution is 6.30. The van der Waals surface area contributed by atoms with Gasteiger partial charge in [-0.2, -0.15) is 5.10 Å². The van der Waals surface area contributed by atoms with Crippen LogP contribution in [0.2, 0.25) is 5.02 Å². The van der Waals surface area contributed by atoms with Gasteiger partial charge in [-0.15, -0.1) is 0 Å². The number of carbonyl (C=O) groups is 2. The molecule has 0 aliphatic carbocycles. The molecule has 0 spiro atoms. The van der Waals surface area contributed by atoms with Gasteiger partial charge >= 0.3 is 0 Å². The molecule has 2 heterocycles. The maximum Gasteiger partial charge on any atom is 0.271 e. The van der Waals surface area contributed by atoms with Crippen molar-refractivity contribution in [1.29, 1.82) is 0 Å². The fraction of sp³-hybridized carbons (Fsp3) is 0.125. The maximum absolute atomic E-state index is 12.7. The summed E-state index contributed by atoms with van der Waals surface area (Å²) in [6.07, 6.45) is 2.08. The molecule has 2 aromatic heterocycles. The van der Waals surface area contributed by atoms with Crippen LogP contribution in [-0.4, -0.2) is 39.8 Å². The SMILES string of the molecule is O=C(NCCCNC(=O)c1cc(-c2ccco2)n(-c2ccc(Cl)cc2)n1)c1cccc(O)c1. The lowest BCUT2D eigenvalue weighted by Crippen LogP contribution is -2.30. The molecular weight excluding hydrogens is 444 g/mol. The first-order valence-corrected chi connectivity index (χ1v) is 10.6. The molecule has 0 bridgehead atoms. The molecule has 9 heteroatoms. The Balaban J connectivity index is 1.37. The third-order valence-electron chi connectivity index (χ3n) is 4.82. The van der Waals surface area contributed by atoms with Gasteiger partial charge in [-0.05, 0) is 61.0 Å². The van der Waals surface area contributed by atoms with E-state index in [0.717, 1.165) is 5.69 Å². The molecule has 4 aromatic rings. The Hall–Kier alpha value is -4.04. The molecule has 8 nitrogen and oxygen atoms in total. The number of aromatic hydroxyl groups is 1. The van der Waals surface area contributed by atoms with Crippen molar-refractivity contribution in [3.63, 3.8) is 0 Å². The molecule has 2 aromatic carbocycles. The van der Waals surface area contributed by atoms with Crippen LogP contribution in [0.5, 0.6) is 5.75 Å². The summed E-state index contributed by atoms with van der Waals surface area (Å²) in [6, 6.07) is 18.4. The largest absolute Gasteiger partial charge is 0.508 e. The first-order valence-electron chi connectivity index (χ1n) is 10.3. The quantitative estimate of drug-likeness (QED) is 0.341. The standard InChI is InChI=1S/C24H21ClN4O4/c25-17-7-9-18(10-8-17)29-21(22-6-2-13-33-22)15-20(28-29)24(32)27-12-3-11-26-23(31)16-4-1-5-19(30)14-16/h1-2,4-10,13-15,30H,3,11-12H2,(H,26,31)(H,27,32). The molecule has 0 saturated carbocycles. The molecule has 0 radical (unpaired) electrons. The summed E-state index contributed by atoms with van der Waals surface area (Å²) in [5.74, 6) is -0.0233. The van der Waals surface area contributed by atoms with Crippen molar-refractivity contribution in [2.75, 3.05) is 13.1 Å². The molecular formula is C24H21ClN4O4. The number of phenols is 1. The molecule has 168 valence electrons. The van der Waals surface area contributed by atoms with E-state index < -0.39 is 0 Å². The average Bonchev–Trinajstić information content (AvgIpc) is 3.49. The van der Waals surface area contributed by atoms with Crippen LogP contribution < -0.4 is 10.6 Å². The Kier molecular flexibility index (Phi) is 6.75. The van der Waals surface area contributed by atoms with E-state index in [1.165, 1.54) is 12.1 Å². The number of hydrogen-bond acceptors (Lipinski definition) is 5. The highest BCUT2D eigenvalue weighted by atomic mass is 35.5. The van der Waals surface area contributed by atoms with Gasteiger partial charge < -0.3 is 20.2 Å². The van der Waals surface area contributed by atoms with Crippen molar-refractivity contribution in [1.82, 2.24) is 20.4 Å². The minimum atomic E-state index is -0.338. The molecule has 33 heavy (non-hydrogen) atoms. The van der Waals surface area contributed by atoms with E-state index in [1.54, 1.807) is 65.5 Å². The minimum absolute atomic E-state index is 0.0295. The van der Waals surface area contributed by atoms with E-state index >= 15 is 0 Å². The fourth-order valence-electron chi connectivity index (χ4n) is 3.20. The molecule has 0 unspecified atom stereocenters. The first-order chi connectivity index (χ1) is 16.0. The first kappa shape index (κ1) is 22.2. The van der Waals surface area contributed by atoms with Crippen molar-refractivity contribution < 1.29 is 19.1 Å². The van der Waals surface area contributed by atoms with Gasteiger partial charge in [0, 0.05) is 29.7 Å². The van der Waals surface area contributed by atoms with Crippen molar-refractivity contribution in [3.8, 4) is 22.9 Å². The lowest BCUT2D eigenvalue weighted by molar-refractivity contribution is 0.0947. The summed E-state index contributed by atoms with van der Waals surface area (Å²) in [5, 5.41) is 20.1. The van der Waals surface area contributed by atoms with Crippen molar-refractivity contribution >= 4 is 23.4 Å². The third kappa shape index (κ3) is 5.42. The third-order valence-corrected chi connectivity index (χ3v) is 5.07. The number of aromatic nitrogens is 2. The smallest absolute Gasteiger partial charge is 0.271 e. The summed E-state index contributed by atoms with van der Waals surface area (Å²) in [4.78, 5) is 24.8. The summed E-state index contributed by atoms with van der Waals surface area (Å²) in [5.41, 5.74) is 1.97. The number of rotatable bonds is 8. The summed E-state index contributed by atoms with van der Waals surface area (Å²) >= 11 is 5.99. The van der Waals surface area contributed by atoms with Gasteiger partial charge in [-0.1, -0.05) is 17.7 Å². The summed E-state index contributed by atoms with van der Waals surface area (Å²) in [7, 11) is 0. The summed E-state index contributed by atoms with van der Waals surface area (Å²) in [6.45, 7) is 0.717. The Morgan fingerprint density at radius 2 is 1.73 bits per heavy atom. The molecule has 3 N–H and O–H groups in total. The normalized spacial score (nSPS) is 10.7. The van der Waals surface area contributed by atoms with E-state index in [4.69, 9.17) is 16.0 Å². The number of nitrogens with one attached hydrogen (secondary N) is 2. The van der Waals surface area contributed by atoms with Crippen molar-refractivity contribution in [2.24, 2.45) is 0 Å². The molecule has 0 fully saturated rings. The van der Waals surface area contributed by atoms with Gasteiger partial charge in [0.05, 0.1) is 12.0 Å². The van der Waals surface area contributed by atoms with Gasteiger partial charge in [0.15, 0.2) is 11.5 Å². The highest BCUT2D eigenvalue weighted by Crippen LogP contribution is 2.25. The number of benzene rings is 2. The van der Waals surface area contributed by atoms with Crippen molar-refractivity contribution in [2.45, 2.75) is 6.42 Å². The molecule has 0 aliphatic heterocycles. The highest BCUT2D eigenvalue weighted by Gasteiger charge is 2.18. The van der Waals surface area contributed by atoms with Gasteiger partial charge in [0.1, 0.15) is 11.4 Å². The van der Waals surface area contributed by atoms with Crippen LogP contribution in [0, 0.1) is 0 Å². The Morgan fingerprint density at radius 3 is 2.42 bits per heavy atom. The second kappa shape index (κ2) is 10.1. The van der Waals surface area contributed by atoms with Crippen LogP contribution in [0.15, 0.2) is 77.4 Å². The molecule has 2 amide bonds. The van der Waals surface area contributed by atoms with Gasteiger partial charge in [-0.25, -0.2) is 4.68 Å². The molecule has 0 atom stereocenters. The van der Waals surface area contributed by atoms with Crippen molar-refractivity contribution in [3.05, 3.63) is 89.3 Å². The number of amides is 2. The number of phenolic OH excluding ortho intramolecular Hbond substituents is 1. The monoisotopic (exact) mass is 464 g/mol. The minimum Gasteiger partial charge on any atom is -0.508 e. The number of hydrogen-bond donors (Lipinski definition) is 3. The number of halogens is 1. The Labute approximate surface area is 194 Å². The lowest BCUT2D eigenvalue weighted by Gasteiger charge is -2.07. The number of carbonyl (C=O) groups excluding carboxylic acids is 2. The van der Waals surface area contributed by atoms with Gasteiger partial charge in [0.2, 0.25) is 0 Å². The zero-order valence-electron chi connectivity index (χ0n) is 17.5. The van der Waals surface area contributed by atoms with E-state index in [9.17, 15) is 14.7 Å². The van der Waals surface area contributed by atoms with Crippen LogP contribution in [0.3, 0.4) is 0 Å². The van der Waals surface area contributed by atoms with Crippen LogP contribution in [0.1, 0.15) is 27.3 Å². The Bertz CT molecular complexity index is 1250. The lowest BCUT2D eigenvalue weighted by atomic mass is 10.2. The predicted molar refractivity (Wildman–Crippen MR) is 124 cm³/mol. The average molecular weight is 465 g/mol. The molecule has 0 aliphatic rings. The van der Waals surface area contributed by atoms with Crippen LogP contribution in [0.4, 0.5) is 0 Å². The zero-order chi connectivity index (χ0) is 23.2. The topological polar surface area (TPSA) is 109 Å². The second-order valence-electron chi connectivity index (χ2n) is 7.20. The van der Waals surface area contributed by atoms with E-state index in [2.05, 4.69) is 15.7 Å². The zero-order valence-corrected chi connectivity index (χ0v) is 18.2. The fourth-order valence-corrected chi connectivity index (χ4v) is 3.33. The van der Waals surface area contributed by atoms with Gasteiger partial charge in [0.25, 0.3) is 11.8 Å².